The normalized spacial score (nSPS) is 10.7. The molecule has 2 aromatic rings. The molecule has 0 spiro atoms. The second-order valence-electron chi connectivity index (χ2n) is 3.10. The summed E-state index contributed by atoms with van der Waals surface area (Å²) in [6.45, 7) is 0.177. The maximum atomic E-state index is 13.5. The lowest BCUT2D eigenvalue weighted by atomic mass is 10.2. The largest absolute Gasteiger partial charge is 0.366 e. The molecule has 0 radical (unpaired) electrons. The zero-order valence-corrected chi connectivity index (χ0v) is 10.3. The van der Waals surface area contributed by atoms with Gasteiger partial charge in [0.05, 0.1) is 6.54 Å². The fourth-order valence-corrected chi connectivity index (χ4v) is 1.88. The van der Waals surface area contributed by atoms with E-state index < -0.39 is 0 Å². The minimum atomic E-state index is -0.381. The maximum absolute atomic E-state index is 13.5. The number of anilines is 1. The van der Waals surface area contributed by atoms with E-state index in [9.17, 15) is 4.39 Å². The van der Waals surface area contributed by atoms with Gasteiger partial charge in [0.2, 0.25) is 5.95 Å². The molecular formula is C9H7BrClFN4. The van der Waals surface area contributed by atoms with Gasteiger partial charge in [0.15, 0.2) is 4.73 Å². The number of hydrogen-bond acceptors (Lipinski definition) is 3. The van der Waals surface area contributed by atoms with Crippen LogP contribution in [0.25, 0.3) is 0 Å². The van der Waals surface area contributed by atoms with Gasteiger partial charge in [-0.15, -0.1) is 5.10 Å². The van der Waals surface area contributed by atoms with Gasteiger partial charge in [-0.1, -0.05) is 17.7 Å². The average Bonchev–Trinajstić information content (AvgIpc) is 2.51. The quantitative estimate of drug-likeness (QED) is 0.927. The zero-order chi connectivity index (χ0) is 11.7. The molecule has 2 rings (SSSR count). The molecule has 0 bridgehead atoms. The van der Waals surface area contributed by atoms with Gasteiger partial charge in [-0.2, -0.15) is 4.98 Å². The molecule has 16 heavy (non-hydrogen) atoms. The number of rotatable bonds is 2. The van der Waals surface area contributed by atoms with Crippen LogP contribution in [0.2, 0.25) is 5.02 Å². The monoisotopic (exact) mass is 304 g/mol. The van der Waals surface area contributed by atoms with Crippen molar-refractivity contribution in [3.63, 3.8) is 0 Å². The first kappa shape index (κ1) is 11.3. The van der Waals surface area contributed by atoms with Crippen LogP contribution < -0.4 is 5.73 Å². The Bertz CT molecular complexity index is 508. The molecule has 0 saturated heterocycles. The predicted octanol–water partition coefficient (Wildman–Crippen LogP) is 2.46. The summed E-state index contributed by atoms with van der Waals surface area (Å²) in [6.07, 6.45) is 0. The molecule has 0 saturated carbocycles. The summed E-state index contributed by atoms with van der Waals surface area (Å²) in [4.78, 5) is 3.85. The van der Waals surface area contributed by atoms with Crippen molar-refractivity contribution in [1.29, 1.82) is 0 Å². The van der Waals surface area contributed by atoms with Crippen LogP contribution in [0.4, 0.5) is 10.3 Å². The van der Waals surface area contributed by atoms with Crippen LogP contribution in [0.3, 0.4) is 0 Å². The van der Waals surface area contributed by atoms with E-state index in [4.69, 9.17) is 17.3 Å². The summed E-state index contributed by atoms with van der Waals surface area (Å²) < 4.78 is 15.3. The maximum Gasteiger partial charge on any atom is 0.240 e. The number of nitrogens with two attached hydrogens (primary N) is 1. The SMILES string of the molecule is Nc1nc(Br)n(Cc2c(F)cccc2Cl)n1. The molecule has 1 aromatic carbocycles. The average molecular weight is 306 g/mol. The molecule has 0 fully saturated rings. The number of aromatic nitrogens is 3. The molecule has 0 aliphatic rings. The van der Waals surface area contributed by atoms with Gasteiger partial charge in [-0.25, -0.2) is 9.07 Å². The number of nitrogen functional groups attached to an aromatic ring is 1. The molecule has 0 amide bonds. The van der Waals surface area contributed by atoms with E-state index in [0.717, 1.165) is 0 Å². The summed E-state index contributed by atoms with van der Waals surface area (Å²) in [5.74, 6) is -0.257. The molecule has 7 heteroatoms. The molecule has 0 atom stereocenters. The summed E-state index contributed by atoms with van der Waals surface area (Å²) >= 11 is 9.06. The third-order valence-corrected chi connectivity index (χ3v) is 2.95. The molecule has 1 heterocycles. The van der Waals surface area contributed by atoms with Gasteiger partial charge in [0.25, 0.3) is 0 Å². The van der Waals surface area contributed by atoms with Gasteiger partial charge in [-0.05, 0) is 28.1 Å². The summed E-state index contributed by atoms with van der Waals surface area (Å²) in [5, 5.41) is 4.25. The zero-order valence-electron chi connectivity index (χ0n) is 7.99. The van der Waals surface area contributed by atoms with Gasteiger partial charge in [-0.3, -0.25) is 0 Å². The fraction of sp³-hybridized carbons (Fsp3) is 0.111. The van der Waals surface area contributed by atoms with Gasteiger partial charge < -0.3 is 5.73 Å². The van der Waals surface area contributed by atoms with Crippen LogP contribution in [0, 0.1) is 5.82 Å². The smallest absolute Gasteiger partial charge is 0.240 e. The van der Waals surface area contributed by atoms with Crippen molar-refractivity contribution in [3.05, 3.63) is 39.3 Å². The highest BCUT2D eigenvalue weighted by molar-refractivity contribution is 9.10. The Kier molecular flexibility index (Phi) is 3.11. The lowest BCUT2D eigenvalue weighted by molar-refractivity contribution is 0.581. The minimum Gasteiger partial charge on any atom is -0.366 e. The van der Waals surface area contributed by atoms with E-state index in [2.05, 4.69) is 26.0 Å². The number of benzene rings is 1. The van der Waals surface area contributed by atoms with Gasteiger partial charge in [0.1, 0.15) is 5.82 Å². The van der Waals surface area contributed by atoms with Crippen molar-refractivity contribution in [3.8, 4) is 0 Å². The molecule has 4 nitrogen and oxygen atoms in total. The molecule has 0 aliphatic heterocycles. The third kappa shape index (κ3) is 2.17. The Hall–Kier alpha value is -1.14. The standard InChI is InChI=1S/C9H7BrClFN4/c10-8-14-9(13)15-16(8)4-5-6(11)2-1-3-7(5)12/h1-3H,4H2,(H2,13,15). The van der Waals surface area contributed by atoms with Crippen molar-refractivity contribution in [1.82, 2.24) is 14.8 Å². The number of hydrogen-bond donors (Lipinski definition) is 1. The van der Waals surface area contributed by atoms with E-state index in [0.29, 0.717) is 15.3 Å². The second-order valence-corrected chi connectivity index (χ2v) is 4.21. The van der Waals surface area contributed by atoms with Crippen LogP contribution in [0.15, 0.2) is 22.9 Å². The fourth-order valence-electron chi connectivity index (χ4n) is 1.27. The van der Waals surface area contributed by atoms with Crippen molar-refractivity contribution in [2.75, 3.05) is 5.73 Å². The van der Waals surface area contributed by atoms with Crippen molar-refractivity contribution < 1.29 is 4.39 Å². The lowest BCUT2D eigenvalue weighted by Gasteiger charge is -2.05. The van der Waals surface area contributed by atoms with Crippen LogP contribution in [0.1, 0.15) is 5.56 Å². The first-order valence-electron chi connectivity index (χ1n) is 4.36. The minimum absolute atomic E-state index is 0.124. The van der Waals surface area contributed by atoms with Gasteiger partial charge >= 0.3 is 0 Å². The third-order valence-electron chi connectivity index (χ3n) is 2.01. The van der Waals surface area contributed by atoms with Crippen molar-refractivity contribution in [2.45, 2.75) is 6.54 Å². The molecule has 1 aromatic heterocycles. The highest BCUT2D eigenvalue weighted by Gasteiger charge is 2.11. The molecule has 84 valence electrons. The second kappa shape index (κ2) is 4.39. The first-order chi connectivity index (χ1) is 7.58. The Morgan fingerprint density at radius 3 is 2.81 bits per heavy atom. The summed E-state index contributed by atoms with van der Waals surface area (Å²) in [5.41, 5.74) is 5.77. The Labute approximate surface area is 104 Å². The van der Waals surface area contributed by atoms with Crippen LogP contribution in [-0.4, -0.2) is 14.8 Å². The van der Waals surface area contributed by atoms with E-state index in [1.807, 2.05) is 0 Å². The predicted molar refractivity (Wildman–Crippen MR) is 62.6 cm³/mol. The number of halogens is 3. The summed E-state index contributed by atoms with van der Waals surface area (Å²) in [7, 11) is 0. The highest BCUT2D eigenvalue weighted by Crippen LogP contribution is 2.21. The van der Waals surface area contributed by atoms with E-state index >= 15 is 0 Å². The first-order valence-corrected chi connectivity index (χ1v) is 5.53. The highest BCUT2D eigenvalue weighted by atomic mass is 79.9. The molecule has 2 N–H and O–H groups in total. The van der Waals surface area contributed by atoms with Crippen LogP contribution in [0.5, 0.6) is 0 Å². The molecule has 0 aliphatic carbocycles. The van der Waals surface area contributed by atoms with Crippen molar-refractivity contribution >= 4 is 33.5 Å². The Morgan fingerprint density at radius 1 is 1.50 bits per heavy atom. The lowest BCUT2D eigenvalue weighted by Crippen LogP contribution is -2.05. The Balaban J connectivity index is 2.37. The number of nitrogens with zero attached hydrogens (tertiary/aromatic N) is 3. The van der Waals surface area contributed by atoms with Crippen LogP contribution >= 0.6 is 27.5 Å². The van der Waals surface area contributed by atoms with Crippen LogP contribution in [-0.2, 0) is 6.54 Å². The van der Waals surface area contributed by atoms with E-state index in [-0.39, 0.29) is 18.3 Å². The molecular weight excluding hydrogens is 298 g/mol. The summed E-state index contributed by atoms with van der Waals surface area (Å²) in [6, 6.07) is 4.51. The van der Waals surface area contributed by atoms with E-state index in [1.165, 1.54) is 10.7 Å². The van der Waals surface area contributed by atoms with E-state index in [1.54, 1.807) is 12.1 Å². The Morgan fingerprint density at radius 2 is 2.25 bits per heavy atom. The van der Waals surface area contributed by atoms with Gasteiger partial charge in [0, 0.05) is 10.6 Å². The molecule has 0 unspecified atom stereocenters. The topological polar surface area (TPSA) is 56.7 Å². The van der Waals surface area contributed by atoms with Crippen molar-refractivity contribution in [2.24, 2.45) is 0 Å².